The third-order valence-corrected chi connectivity index (χ3v) is 4.12. The standard InChI is InChI=1S/C16H20FNO3/c1-11(12-2-4-14(17)5-3-12)10-15(19)18-8-6-13(7-9-18)16(20)21/h2-5,11,13H,6-10H2,1H3,(H,20,21). The number of carboxylic acid groups (broad SMARTS) is 1. The molecule has 0 aliphatic carbocycles. The number of rotatable bonds is 4. The number of likely N-dealkylation sites (tertiary alicyclic amines) is 1. The first-order valence-electron chi connectivity index (χ1n) is 7.23. The lowest BCUT2D eigenvalue weighted by Gasteiger charge is -2.31. The maximum absolute atomic E-state index is 12.9. The number of aliphatic carboxylic acids is 1. The summed E-state index contributed by atoms with van der Waals surface area (Å²) < 4.78 is 12.9. The van der Waals surface area contributed by atoms with Crippen molar-refractivity contribution in [3.8, 4) is 0 Å². The van der Waals surface area contributed by atoms with Crippen LogP contribution in [0, 0.1) is 11.7 Å². The molecule has 1 atom stereocenters. The average molecular weight is 293 g/mol. The molecule has 1 fully saturated rings. The lowest BCUT2D eigenvalue weighted by Crippen LogP contribution is -2.40. The van der Waals surface area contributed by atoms with Crippen molar-refractivity contribution in [3.63, 3.8) is 0 Å². The normalized spacial score (nSPS) is 17.5. The summed E-state index contributed by atoms with van der Waals surface area (Å²) in [5.41, 5.74) is 0.935. The van der Waals surface area contributed by atoms with Crippen molar-refractivity contribution in [3.05, 3.63) is 35.6 Å². The van der Waals surface area contributed by atoms with E-state index in [1.807, 2.05) is 6.92 Å². The average Bonchev–Trinajstić information content (AvgIpc) is 2.47. The molecular formula is C16H20FNO3. The molecular weight excluding hydrogens is 273 g/mol. The topological polar surface area (TPSA) is 57.6 Å². The molecule has 1 N–H and O–H groups in total. The Morgan fingerprint density at radius 2 is 1.86 bits per heavy atom. The van der Waals surface area contributed by atoms with E-state index in [9.17, 15) is 14.0 Å². The molecule has 0 radical (unpaired) electrons. The van der Waals surface area contributed by atoms with Gasteiger partial charge in [0.25, 0.3) is 0 Å². The van der Waals surface area contributed by atoms with Gasteiger partial charge in [0.1, 0.15) is 5.82 Å². The fourth-order valence-corrected chi connectivity index (χ4v) is 2.68. The highest BCUT2D eigenvalue weighted by molar-refractivity contribution is 5.77. The van der Waals surface area contributed by atoms with Crippen molar-refractivity contribution >= 4 is 11.9 Å². The van der Waals surface area contributed by atoms with Gasteiger partial charge < -0.3 is 10.0 Å². The lowest BCUT2D eigenvalue weighted by atomic mass is 9.94. The van der Waals surface area contributed by atoms with Gasteiger partial charge in [-0.25, -0.2) is 4.39 Å². The number of carbonyl (C=O) groups excluding carboxylic acids is 1. The Balaban J connectivity index is 1.87. The van der Waals surface area contributed by atoms with Gasteiger partial charge in [0.2, 0.25) is 5.91 Å². The van der Waals surface area contributed by atoms with Gasteiger partial charge in [0.05, 0.1) is 5.92 Å². The van der Waals surface area contributed by atoms with E-state index >= 15 is 0 Å². The molecule has 1 aromatic rings. The van der Waals surface area contributed by atoms with E-state index in [1.54, 1.807) is 17.0 Å². The number of hydrogen-bond acceptors (Lipinski definition) is 2. The molecule has 1 aromatic carbocycles. The monoisotopic (exact) mass is 293 g/mol. The van der Waals surface area contributed by atoms with Gasteiger partial charge in [0.15, 0.2) is 0 Å². The third kappa shape index (κ3) is 4.03. The molecule has 0 aromatic heterocycles. The van der Waals surface area contributed by atoms with Crippen LogP contribution < -0.4 is 0 Å². The molecule has 2 rings (SSSR count). The summed E-state index contributed by atoms with van der Waals surface area (Å²) >= 11 is 0. The highest BCUT2D eigenvalue weighted by Crippen LogP contribution is 2.23. The number of piperidine rings is 1. The Bertz CT molecular complexity index is 507. The van der Waals surface area contributed by atoms with Crippen LogP contribution in [-0.2, 0) is 9.59 Å². The highest BCUT2D eigenvalue weighted by atomic mass is 19.1. The summed E-state index contributed by atoms with van der Waals surface area (Å²) in [5.74, 6) is -1.33. The van der Waals surface area contributed by atoms with Crippen LogP contribution in [0.4, 0.5) is 4.39 Å². The van der Waals surface area contributed by atoms with Gasteiger partial charge >= 0.3 is 5.97 Å². The minimum Gasteiger partial charge on any atom is -0.481 e. The summed E-state index contributed by atoms with van der Waals surface area (Å²) in [5, 5.41) is 8.95. The Labute approximate surface area is 123 Å². The fourth-order valence-electron chi connectivity index (χ4n) is 2.68. The second kappa shape index (κ2) is 6.70. The van der Waals surface area contributed by atoms with E-state index in [4.69, 9.17) is 5.11 Å². The number of amides is 1. The minimum absolute atomic E-state index is 0.0234. The predicted molar refractivity (Wildman–Crippen MR) is 76.4 cm³/mol. The van der Waals surface area contributed by atoms with Crippen molar-refractivity contribution in [1.29, 1.82) is 0 Å². The molecule has 1 heterocycles. The van der Waals surface area contributed by atoms with Gasteiger partial charge in [-0.05, 0) is 36.5 Å². The molecule has 4 nitrogen and oxygen atoms in total. The van der Waals surface area contributed by atoms with Crippen LogP contribution in [0.15, 0.2) is 24.3 Å². The van der Waals surface area contributed by atoms with E-state index in [0.29, 0.717) is 32.4 Å². The highest BCUT2D eigenvalue weighted by Gasteiger charge is 2.27. The molecule has 114 valence electrons. The fraction of sp³-hybridized carbons (Fsp3) is 0.500. The van der Waals surface area contributed by atoms with Crippen molar-refractivity contribution in [2.45, 2.75) is 32.1 Å². The van der Waals surface area contributed by atoms with Crippen LogP contribution >= 0.6 is 0 Å². The van der Waals surface area contributed by atoms with Crippen LogP contribution in [0.25, 0.3) is 0 Å². The molecule has 1 aliphatic heterocycles. The quantitative estimate of drug-likeness (QED) is 0.928. The summed E-state index contributed by atoms with van der Waals surface area (Å²) in [6.07, 6.45) is 1.40. The lowest BCUT2D eigenvalue weighted by molar-refractivity contribution is -0.145. The van der Waals surface area contributed by atoms with E-state index in [0.717, 1.165) is 5.56 Å². The molecule has 5 heteroatoms. The van der Waals surface area contributed by atoms with Crippen LogP contribution in [0.1, 0.15) is 37.7 Å². The molecule has 1 amide bonds. The zero-order chi connectivity index (χ0) is 15.4. The minimum atomic E-state index is -0.776. The Morgan fingerprint density at radius 1 is 1.29 bits per heavy atom. The number of hydrogen-bond donors (Lipinski definition) is 1. The Hall–Kier alpha value is -1.91. The van der Waals surface area contributed by atoms with Crippen LogP contribution in [-0.4, -0.2) is 35.0 Å². The van der Waals surface area contributed by atoms with Gasteiger partial charge in [-0.2, -0.15) is 0 Å². The zero-order valence-electron chi connectivity index (χ0n) is 12.1. The van der Waals surface area contributed by atoms with E-state index < -0.39 is 5.97 Å². The van der Waals surface area contributed by atoms with Crippen LogP contribution in [0.5, 0.6) is 0 Å². The van der Waals surface area contributed by atoms with Gasteiger partial charge in [-0.1, -0.05) is 19.1 Å². The number of carbonyl (C=O) groups is 2. The summed E-state index contributed by atoms with van der Waals surface area (Å²) in [6.45, 7) is 2.95. The summed E-state index contributed by atoms with van der Waals surface area (Å²) in [6, 6.07) is 6.19. The van der Waals surface area contributed by atoms with E-state index in [-0.39, 0.29) is 23.6 Å². The molecule has 1 unspecified atom stereocenters. The van der Waals surface area contributed by atoms with Crippen molar-refractivity contribution in [2.24, 2.45) is 5.92 Å². The van der Waals surface area contributed by atoms with Crippen molar-refractivity contribution in [2.75, 3.05) is 13.1 Å². The smallest absolute Gasteiger partial charge is 0.306 e. The first-order valence-corrected chi connectivity index (χ1v) is 7.23. The van der Waals surface area contributed by atoms with E-state index in [1.165, 1.54) is 12.1 Å². The van der Waals surface area contributed by atoms with Gasteiger partial charge in [0, 0.05) is 19.5 Å². The molecule has 0 saturated carbocycles. The summed E-state index contributed by atoms with van der Waals surface area (Å²) in [4.78, 5) is 24.9. The largest absolute Gasteiger partial charge is 0.481 e. The molecule has 0 spiro atoms. The number of nitrogens with zero attached hydrogens (tertiary/aromatic N) is 1. The van der Waals surface area contributed by atoms with Gasteiger partial charge in [-0.3, -0.25) is 9.59 Å². The maximum Gasteiger partial charge on any atom is 0.306 e. The van der Waals surface area contributed by atoms with E-state index in [2.05, 4.69) is 0 Å². The SMILES string of the molecule is CC(CC(=O)N1CCC(C(=O)O)CC1)c1ccc(F)cc1. The van der Waals surface area contributed by atoms with Crippen LogP contribution in [0.2, 0.25) is 0 Å². The summed E-state index contributed by atoms with van der Waals surface area (Å²) in [7, 11) is 0. The Morgan fingerprint density at radius 3 is 2.38 bits per heavy atom. The third-order valence-electron chi connectivity index (χ3n) is 4.12. The van der Waals surface area contributed by atoms with Crippen molar-refractivity contribution < 1.29 is 19.1 Å². The van der Waals surface area contributed by atoms with Crippen LogP contribution in [0.3, 0.4) is 0 Å². The molecule has 1 aliphatic rings. The second-order valence-electron chi connectivity index (χ2n) is 5.65. The first kappa shape index (κ1) is 15.5. The molecule has 1 saturated heterocycles. The first-order chi connectivity index (χ1) is 9.97. The molecule has 21 heavy (non-hydrogen) atoms. The predicted octanol–water partition coefficient (Wildman–Crippen LogP) is 2.64. The second-order valence-corrected chi connectivity index (χ2v) is 5.65. The number of benzene rings is 1. The number of carboxylic acids is 1. The Kier molecular flexibility index (Phi) is 4.94. The van der Waals surface area contributed by atoms with Crippen molar-refractivity contribution in [1.82, 2.24) is 4.90 Å². The number of halogens is 1. The maximum atomic E-state index is 12.9. The van der Waals surface area contributed by atoms with Gasteiger partial charge in [-0.15, -0.1) is 0 Å². The zero-order valence-corrected chi connectivity index (χ0v) is 12.1. The molecule has 0 bridgehead atoms.